The molecule has 1 atom stereocenters. The highest BCUT2D eigenvalue weighted by molar-refractivity contribution is 8.00. The van der Waals surface area contributed by atoms with Crippen molar-refractivity contribution in [1.29, 1.82) is 10.5 Å². The van der Waals surface area contributed by atoms with E-state index in [0.717, 1.165) is 11.8 Å². The summed E-state index contributed by atoms with van der Waals surface area (Å²) in [4.78, 5) is 30.4. The molecule has 1 aromatic heterocycles. The molecule has 2 N–H and O–H groups in total. The highest BCUT2D eigenvalue weighted by Crippen LogP contribution is 2.39. The van der Waals surface area contributed by atoms with Crippen molar-refractivity contribution in [2.24, 2.45) is 5.73 Å². The molecule has 0 radical (unpaired) electrons. The number of piperidine rings is 1. The number of thioether (sulfide) groups is 1. The van der Waals surface area contributed by atoms with Crippen molar-refractivity contribution in [3.63, 3.8) is 0 Å². The van der Waals surface area contributed by atoms with Gasteiger partial charge < -0.3 is 10.6 Å². The molecule has 152 valence electrons. The van der Waals surface area contributed by atoms with Crippen LogP contribution in [0.25, 0.3) is 0 Å². The van der Waals surface area contributed by atoms with Crippen LogP contribution in [0.1, 0.15) is 47.3 Å². The predicted molar refractivity (Wildman–Crippen MR) is 114 cm³/mol. The number of hydrogen-bond donors (Lipinski definition) is 1. The molecule has 1 saturated heterocycles. The van der Waals surface area contributed by atoms with Gasteiger partial charge in [0.2, 0.25) is 5.91 Å². The first-order valence-electron chi connectivity index (χ1n) is 9.64. The van der Waals surface area contributed by atoms with Crippen molar-refractivity contribution in [3.8, 4) is 12.1 Å². The van der Waals surface area contributed by atoms with E-state index in [2.05, 4.69) is 17.1 Å². The Morgan fingerprint density at radius 1 is 1.20 bits per heavy atom. The fraction of sp³-hybridized carbons (Fsp3) is 0.318. The van der Waals surface area contributed by atoms with E-state index in [1.54, 1.807) is 12.1 Å². The molecule has 1 aliphatic heterocycles. The molecule has 0 aliphatic carbocycles. The number of anilines is 1. The highest BCUT2D eigenvalue weighted by Gasteiger charge is 2.28. The summed E-state index contributed by atoms with van der Waals surface area (Å²) in [5.41, 5.74) is 7.61. The van der Waals surface area contributed by atoms with Gasteiger partial charge in [0.15, 0.2) is 0 Å². The number of hydrogen-bond acceptors (Lipinski definition) is 7. The van der Waals surface area contributed by atoms with Crippen LogP contribution in [0.15, 0.2) is 35.4 Å². The summed E-state index contributed by atoms with van der Waals surface area (Å²) in [5.74, 6) is 0.102. The maximum absolute atomic E-state index is 12.2. The first-order valence-corrected chi connectivity index (χ1v) is 10.5. The van der Waals surface area contributed by atoms with Gasteiger partial charge in [-0.2, -0.15) is 10.5 Å². The van der Waals surface area contributed by atoms with Crippen LogP contribution < -0.4 is 10.6 Å². The maximum Gasteiger partial charge on any atom is 0.235 e. The number of pyridine rings is 1. The summed E-state index contributed by atoms with van der Waals surface area (Å²) in [6, 6.07) is 13.4. The first kappa shape index (κ1) is 21.4. The van der Waals surface area contributed by atoms with E-state index in [1.165, 1.54) is 0 Å². The minimum absolute atomic E-state index is 0.182. The van der Waals surface area contributed by atoms with Crippen LogP contribution in [-0.2, 0) is 16.0 Å². The SMILES string of the molecule is CCc1c(C#N)c(SC(C(N)=O)c2ccccc2)nc(N2CCC(=O)CC2)c1C#N. The van der Waals surface area contributed by atoms with Crippen molar-refractivity contribution in [2.75, 3.05) is 18.0 Å². The van der Waals surface area contributed by atoms with Crippen LogP contribution in [-0.4, -0.2) is 29.8 Å². The van der Waals surface area contributed by atoms with Gasteiger partial charge in [0.1, 0.15) is 34.0 Å². The molecule has 7 nitrogen and oxygen atoms in total. The number of nitrogens with zero attached hydrogens (tertiary/aromatic N) is 4. The number of Topliss-reactive ketones (excluding diaryl/α,β-unsaturated/α-hetero) is 1. The predicted octanol–water partition coefficient (Wildman–Crippen LogP) is 2.88. The van der Waals surface area contributed by atoms with Gasteiger partial charge in [0.05, 0.1) is 11.1 Å². The lowest BCUT2D eigenvalue weighted by molar-refractivity contribution is -0.119. The molecule has 1 aromatic carbocycles. The molecular weight excluding hydrogens is 398 g/mol. The Kier molecular flexibility index (Phi) is 6.71. The Morgan fingerprint density at radius 2 is 1.83 bits per heavy atom. The number of nitrogens with two attached hydrogens (primary N) is 1. The molecule has 1 unspecified atom stereocenters. The van der Waals surface area contributed by atoms with Crippen LogP contribution in [0.5, 0.6) is 0 Å². The number of ketones is 1. The fourth-order valence-corrected chi connectivity index (χ4v) is 4.55. The quantitative estimate of drug-likeness (QED) is 0.714. The average Bonchev–Trinajstić information content (AvgIpc) is 2.77. The minimum Gasteiger partial charge on any atom is -0.368 e. The van der Waals surface area contributed by atoms with Gasteiger partial charge in [0.25, 0.3) is 0 Å². The van der Waals surface area contributed by atoms with E-state index in [1.807, 2.05) is 30.0 Å². The van der Waals surface area contributed by atoms with Crippen LogP contribution in [0.2, 0.25) is 0 Å². The number of aromatic nitrogens is 1. The number of carbonyl (C=O) groups excluding carboxylic acids is 2. The maximum atomic E-state index is 12.2. The van der Waals surface area contributed by atoms with E-state index in [9.17, 15) is 20.1 Å². The highest BCUT2D eigenvalue weighted by atomic mass is 32.2. The second-order valence-electron chi connectivity index (χ2n) is 6.88. The zero-order valence-electron chi connectivity index (χ0n) is 16.6. The largest absolute Gasteiger partial charge is 0.368 e. The number of amides is 1. The third-order valence-electron chi connectivity index (χ3n) is 5.04. The molecule has 0 spiro atoms. The summed E-state index contributed by atoms with van der Waals surface area (Å²) < 4.78 is 0. The van der Waals surface area contributed by atoms with Gasteiger partial charge >= 0.3 is 0 Å². The van der Waals surface area contributed by atoms with Crippen molar-refractivity contribution in [2.45, 2.75) is 36.5 Å². The summed E-state index contributed by atoms with van der Waals surface area (Å²) in [6.07, 6.45) is 1.25. The van der Waals surface area contributed by atoms with E-state index in [-0.39, 0.29) is 11.3 Å². The molecule has 0 saturated carbocycles. The van der Waals surface area contributed by atoms with E-state index >= 15 is 0 Å². The van der Waals surface area contributed by atoms with E-state index in [0.29, 0.717) is 59.9 Å². The van der Waals surface area contributed by atoms with Crippen molar-refractivity contribution in [1.82, 2.24) is 4.98 Å². The smallest absolute Gasteiger partial charge is 0.235 e. The van der Waals surface area contributed by atoms with Gasteiger partial charge in [-0.05, 0) is 17.5 Å². The Morgan fingerprint density at radius 3 is 2.37 bits per heavy atom. The summed E-state index contributed by atoms with van der Waals surface area (Å²) in [5, 5.41) is 19.3. The summed E-state index contributed by atoms with van der Waals surface area (Å²) >= 11 is 1.12. The van der Waals surface area contributed by atoms with Crippen LogP contribution in [0, 0.1) is 22.7 Å². The third kappa shape index (κ3) is 4.29. The lowest BCUT2D eigenvalue weighted by atomic mass is 10.0. The molecule has 1 amide bonds. The minimum atomic E-state index is -0.723. The molecule has 8 heteroatoms. The number of carbonyl (C=O) groups is 2. The van der Waals surface area contributed by atoms with E-state index < -0.39 is 11.2 Å². The standard InChI is InChI=1S/C22H21N5O2S/c1-2-16-17(12-23)21(27-10-8-15(28)9-11-27)26-22(18(16)13-24)30-19(20(25)29)14-6-4-3-5-7-14/h3-7,19H,2,8-11H2,1H3,(H2,25,29). The van der Waals surface area contributed by atoms with Crippen LogP contribution >= 0.6 is 11.8 Å². The van der Waals surface area contributed by atoms with Gasteiger partial charge in [-0.15, -0.1) is 0 Å². The number of benzene rings is 1. The van der Waals surface area contributed by atoms with Gasteiger partial charge in [-0.3, -0.25) is 9.59 Å². The number of primary amides is 1. The molecule has 0 bridgehead atoms. The van der Waals surface area contributed by atoms with Crippen molar-refractivity contribution in [3.05, 3.63) is 52.6 Å². The zero-order chi connectivity index (χ0) is 21.7. The Balaban J connectivity index is 2.12. The topological polar surface area (TPSA) is 124 Å². The van der Waals surface area contributed by atoms with Gasteiger partial charge in [0, 0.05) is 25.9 Å². The second-order valence-corrected chi connectivity index (χ2v) is 7.98. The summed E-state index contributed by atoms with van der Waals surface area (Å²) in [6.45, 7) is 2.81. The molecule has 3 rings (SSSR count). The molecule has 1 fully saturated rings. The molecule has 2 heterocycles. The van der Waals surface area contributed by atoms with Crippen LogP contribution in [0.4, 0.5) is 5.82 Å². The summed E-state index contributed by atoms with van der Waals surface area (Å²) in [7, 11) is 0. The fourth-order valence-electron chi connectivity index (χ4n) is 3.50. The third-order valence-corrected chi connectivity index (χ3v) is 6.30. The normalized spacial score (nSPS) is 14.6. The number of rotatable bonds is 6. The Labute approximate surface area is 179 Å². The lowest BCUT2D eigenvalue weighted by Gasteiger charge is -2.29. The van der Waals surface area contributed by atoms with Crippen molar-refractivity contribution >= 4 is 29.3 Å². The molecule has 1 aliphatic rings. The first-order chi connectivity index (χ1) is 14.5. The number of nitriles is 2. The Hall–Kier alpha value is -3.36. The monoisotopic (exact) mass is 419 g/mol. The van der Waals surface area contributed by atoms with E-state index in [4.69, 9.17) is 5.73 Å². The van der Waals surface area contributed by atoms with Gasteiger partial charge in [-0.1, -0.05) is 49.0 Å². The van der Waals surface area contributed by atoms with Gasteiger partial charge in [-0.25, -0.2) is 4.98 Å². The zero-order valence-corrected chi connectivity index (χ0v) is 17.4. The van der Waals surface area contributed by atoms with Crippen LogP contribution in [0.3, 0.4) is 0 Å². The van der Waals surface area contributed by atoms with Crippen molar-refractivity contribution < 1.29 is 9.59 Å². The second kappa shape index (κ2) is 9.43. The molecule has 30 heavy (non-hydrogen) atoms. The molecular formula is C22H21N5O2S. The molecule has 2 aromatic rings. The average molecular weight is 420 g/mol. The Bertz CT molecular complexity index is 1050. The lowest BCUT2D eigenvalue weighted by Crippen LogP contribution is -2.35.